The summed E-state index contributed by atoms with van der Waals surface area (Å²) in [5.74, 6) is 3.13. The van der Waals surface area contributed by atoms with Crippen LogP contribution >= 0.6 is 0 Å². The Hall–Kier alpha value is -5.23. The molecule has 4 atom stereocenters. The number of oxazole rings is 1. The highest BCUT2D eigenvalue weighted by atomic mass is 16.5. The number of carbonyl (C=O) groups excluding carboxylic acids is 2. The molecule has 60 heavy (non-hydrogen) atoms. The predicted molar refractivity (Wildman–Crippen MR) is 232 cm³/mol. The molecule has 0 spiro atoms. The van der Waals surface area contributed by atoms with Crippen LogP contribution in [0.25, 0.3) is 33.4 Å². The molecule has 4 aliphatic heterocycles. The number of nitrogens with one attached hydrogen (secondary N) is 1. The molecule has 1 N–H and O–H groups in total. The number of ether oxygens (including phenoxy) is 2. The fraction of sp³-hybridized carbons (Fsp3) is 0.521. The van der Waals surface area contributed by atoms with Crippen molar-refractivity contribution >= 4 is 28.4 Å². The topological polar surface area (TPSA) is 131 Å². The molecule has 7 heterocycles. The van der Waals surface area contributed by atoms with Crippen molar-refractivity contribution in [2.24, 2.45) is 16.8 Å². The maximum Gasteiger partial charge on any atom is 0.276 e. The average Bonchev–Trinajstić information content (AvgIpc) is 4.08. The van der Waals surface area contributed by atoms with Crippen LogP contribution in [0.5, 0.6) is 5.75 Å². The van der Waals surface area contributed by atoms with Crippen LogP contribution in [0.15, 0.2) is 64.3 Å². The van der Waals surface area contributed by atoms with Gasteiger partial charge in [0.2, 0.25) is 5.91 Å². The van der Waals surface area contributed by atoms with Gasteiger partial charge >= 0.3 is 0 Å². The van der Waals surface area contributed by atoms with Gasteiger partial charge in [-0.1, -0.05) is 39.3 Å². The Bertz CT molecular complexity index is 2420. The number of amides is 2. The maximum absolute atomic E-state index is 13.7. The Kier molecular flexibility index (Phi) is 10.9. The van der Waals surface area contributed by atoms with Crippen molar-refractivity contribution in [2.45, 2.75) is 130 Å². The van der Waals surface area contributed by atoms with Gasteiger partial charge in [0.25, 0.3) is 5.91 Å². The van der Waals surface area contributed by atoms with Crippen LogP contribution < -0.4 is 4.74 Å². The van der Waals surface area contributed by atoms with E-state index in [4.69, 9.17) is 23.9 Å². The number of likely N-dealkylation sites (tertiary alicyclic amines) is 2. The molecule has 5 aromatic rings. The van der Waals surface area contributed by atoms with Crippen molar-refractivity contribution in [1.29, 1.82) is 0 Å². The lowest BCUT2D eigenvalue weighted by molar-refractivity contribution is -0.133. The number of carbonyl (C=O) groups is 2. The first kappa shape index (κ1) is 40.2. The van der Waals surface area contributed by atoms with Crippen LogP contribution in [0.1, 0.15) is 127 Å². The number of aromatic amines is 1. The summed E-state index contributed by atoms with van der Waals surface area (Å²) in [4.78, 5) is 49.1. The van der Waals surface area contributed by atoms with Gasteiger partial charge in [-0.2, -0.15) is 0 Å². The summed E-state index contributed by atoms with van der Waals surface area (Å²) < 4.78 is 20.2. The minimum absolute atomic E-state index is 0.136. The van der Waals surface area contributed by atoms with Crippen LogP contribution in [0.3, 0.4) is 0 Å². The molecule has 0 aliphatic carbocycles. The van der Waals surface area contributed by atoms with Gasteiger partial charge in [-0.15, -0.1) is 0 Å². The van der Waals surface area contributed by atoms with Crippen molar-refractivity contribution in [3.8, 4) is 28.3 Å². The summed E-state index contributed by atoms with van der Waals surface area (Å²) in [5, 5.41) is 1.12. The first-order valence-corrected chi connectivity index (χ1v) is 22.2. The van der Waals surface area contributed by atoms with Gasteiger partial charge in [0.15, 0.2) is 18.3 Å². The number of H-pyrrole nitrogens is 1. The number of aliphatic imine (C=N–C) groups is 1. The SMILES string of the molecule is CCC1CC(c2ccc3c(c2)OCn2c-3cc3cc(-c4cnc(C5CCCN5C(=O)c5coc(CCCOC(C)(C)C)n5)[nH]4)ccc32)=NC1C1CCCN1C(=O)CC(C)C. The second-order valence-electron chi connectivity index (χ2n) is 18.6. The van der Waals surface area contributed by atoms with Gasteiger partial charge in [0, 0.05) is 54.8 Å². The third-order valence-electron chi connectivity index (χ3n) is 12.8. The molecule has 0 saturated carbocycles. The number of benzene rings is 2. The van der Waals surface area contributed by atoms with Crippen molar-refractivity contribution < 1.29 is 23.5 Å². The number of hydrogen-bond acceptors (Lipinski definition) is 8. The van der Waals surface area contributed by atoms with E-state index < -0.39 is 0 Å². The molecular weight excluding hydrogens is 755 g/mol. The number of nitrogens with zero attached hydrogens (tertiary/aromatic N) is 6. The molecule has 0 radical (unpaired) electrons. The van der Waals surface area contributed by atoms with Gasteiger partial charge in [-0.3, -0.25) is 14.6 Å². The molecule has 2 saturated heterocycles. The number of imidazole rings is 1. The summed E-state index contributed by atoms with van der Waals surface area (Å²) in [6.07, 6.45) is 11.1. The Morgan fingerprint density at radius 2 is 1.83 bits per heavy atom. The molecule has 2 fully saturated rings. The quantitative estimate of drug-likeness (QED) is 0.124. The first-order valence-electron chi connectivity index (χ1n) is 22.2. The molecule has 2 amide bonds. The molecule has 9 rings (SSSR count). The predicted octanol–water partition coefficient (Wildman–Crippen LogP) is 9.39. The fourth-order valence-electron chi connectivity index (χ4n) is 9.80. The lowest BCUT2D eigenvalue weighted by Crippen LogP contribution is -2.44. The number of hydrogen-bond donors (Lipinski definition) is 1. The minimum atomic E-state index is -0.191. The first-order chi connectivity index (χ1) is 28.9. The van der Waals surface area contributed by atoms with E-state index in [0.717, 1.165) is 108 Å². The van der Waals surface area contributed by atoms with E-state index in [1.807, 2.05) is 31.9 Å². The highest BCUT2D eigenvalue weighted by molar-refractivity contribution is 6.03. The van der Waals surface area contributed by atoms with Crippen molar-refractivity contribution in [3.63, 3.8) is 0 Å². The van der Waals surface area contributed by atoms with Crippen LogP contribution in [-0.4, -0.2) is 84.2 Å². The summed E-state index contributed by atoms with van der Waals surface area (Å²) in [6, 6.07) is 15.4. The van der Waals surface area contributed by atoms with E-state index in [-0.39, 0.29) is 35.5 Å². The molecule has 2 aromatic carbocycles. The molecular formula is C48H59N7O5. The monoisotopic (exact) mass is 813 g/mol. The van der Waals surface area contributed by atoms with Crippen LogP contribution in [0.2, 0.25) is 0 Å². The number of rotatable bonds is 12. The Morgan fingerprint density at radius 3 is 2.65 bits per heavy atom. The van der Waals surface area contributed by atoms with Gasteiger partial charge < -0.3 is 33.2 Å². The Balaban J connectivity index is 0.896. The van der Waals surface area contributed by atoms with E-state index in [0.29, 0.717) is 56.1 Å². The van der Waals surface area contributed by atoms with Crippen molar-refractivity contribution in [3.05, 3.63) is 77.9 Å². The van der Waals surface area contributed by atoms with E-state index in [2.05, 4.69) is 82.7 Å². The zero-order valence-electron chi connectivity index (χ0n) is 36.0. The van der Waals surface area contributed by atoms with Gasteiger partial charge in [0.05, 0.1) is 46.8 Å². The second-order valence-corrected chi connectivity index (χ2v) is 18.6. The number of fused-ring (bicyclic) bond motifs is 5. The van der Waals surface area contributed by atoms with Crippen LogP contribution in [0, 0.1) is 11.8 Å². The van der Waals surface area contributed by atoms with Gasteiger partial charge in [0.1, 0.15) is 17.8 Å². The standard InChI is InChI=1S/C48H59N7O5/c1-7-30-23-35(51-45(30)39-11-8-18-53(39)44(56)21-29(2)3)32-14-16-34-41-24-33-22-31(15-17-38(33)55(41)28-59-42(34)25-32)36-26-49-46(52-36)40-12-9-19-54(40)47(57)37-27-58-43(50-37)13-10-20-60-48(4,5)6/h14-17,22,24-27,29-30,39-40,45H,7-13,18-21,23,28H2,1-6H3,(H,49,52). The molecule has 3 aromatic heterocycles. The molecule has 4 unspecified atom stereocenters. The molecule has 12 heteroatoms. The summed E-state index contributed by atoms with van der Waals surface area (Å²) in [6.45, 7) is 15.1. The van der Waals surface area contributed by atoms with E-state index in [9.17, 15) is 9.59 Å². The molecule has 316 valence electrons. The summed E-state index contributed by atoms with van der Waals surface area (Å²) >= 11 is 0. The highest BCUT2D eigenvalue weighted by Crippen LogP contribution is 2.42. The third kappa shape index (κ3) is 7.90. The zero-order valence-corrected chi connectivity index (χ0v) is 36.0. The number of aromatic nitrogens is 4. The highest BCUT2D eigenvalue weighted by Gasteiger charge is 2.41. The lowest BCUT2D eigenvalue weighted by Gasteiger charge is -2.31. The fourth-order valence-corrected chi connectivity index (χ4v) is 9.80. The van der Waals surface area contributed by atoms with Crippen molar-refractivity contribution in [1.82, 2.24) is 29.3 Å². The number of aryl methyl sites for hydroxylation is 1. The lowest BCUT2D eigenvalue weighted by atomic mass is 9.88. The molecule has 0 bridgehead atoms. The van der Waals surface area contributed by atoms with Crippen LogP contribution in [-0.2, 0) is 22.7 Å². The molecule has 4 aliphatic rings. The third-order valence-corrected chi connectivity index (χ3v) is 12.8. The maximum atomic E-state index is 13.7. The summed E-state index contributed by atoms with van der Waals surface area (Å²) in [7, 11) is 0. The van der Waals surface area contributed by atoms with E-state index in [1.54, 1.807) is 0 Å². The van der Waals surface area contributed by atoms with Crippen molar-refractivity contribution in [2.75, 3.05) is 19.7 Å². The van der Waals surface area contributed by atoms with Gasteiger partial charge in [-0.25, -0.2) is 9.97 Å². The zero-order chi connectivity index (χ0) is 41.7. The Morgan fingerprint density at radius 1 is 1.02 bits per heavy atom. The largest absolute Gasteiger partial charge is 0.472 e. The van der Waals surface area contributed by atoms with Gasteiger partial charge in [-0.05, 0) is 107 Å². The van der Waals surface area contributed by atoms with E-state index in [1.165, 1.54) is 6.26 Å². The smallest absolute Gasteiger partial charge is 0.276 e. The minimum Gasteiger partial charge on any atom is -0.472 e. The second kappa shape index (κ2) is 16.3. The Labute approximate surface area is 352 Å². The normalized spacial score (nSPS) is 21.5. The van der Waals surface area contributed by atoms with E-state index >= 15 is 0 Å². The molecule has 12 nitrogen and oxygen atoms in total. The van der Waals surface area contributed by atoms with Crippen LogP contribution in [0.4, 0.5) is 0 Å². The average molecular weight is 814 g/mol. The summed E-state index contributed by atoms with van der Waals surface area (Å²) in [5.41, 5.74) is 7.60.